The Hall–Kier alpha value is -2.30. The average Bonchev–Trinajstić information content (AvgIpc) is 3.14. The molecule has 0 aromatic heterocycles. The molecule has 0 spiro atoms. The van der Waals surface area contributed by atoms with Crippen LogP contribution in [0.3, 0.4) is 0 Å². The van der Waals surface area contributed by atoms with Gasteiger partial charge in [0, 0.05) is 15.9 Å². The third-order valence-corrected chi connectivity index (χ3v) is 5.46. The van der Waals surface area contributed by atoms with E-state index in [0.29, 0.717) is 0 Å². The number of methoxy groups -OCH3 is 1. The van der Waals surface area contributed by atoms with Crippen LogP contribution in [0.1, 0.15) is 23.6 Å². The molecule has 3 aromatic carbocycles. The van der Waals surface area contributed by atoms with Gasteiger partial charge in [0.05, 0.1) is 18.9 Å². The average molecular weight is 442 g/mol. The Morgan fingerprint density at radius 3 is 2.41 bits per heavy atom. The molecular formula is C22H18BrClN2O. The SMILES string of the molecule is COc1ccccc1N1N=C(c2ccc(Br)cc2)CC1c1ccc(Cl)cc1. The first-order valence-corrected chi connectivity index (χ1v) is 9.84. The van der Waals surface area contributed by atoms with Gasteiger partial charge in [0.2, 0.25) is 0 Å². The zero-order chi connectivity index (χ0) is 18.8. The van der Waals surface area contributed by atoms with Crippen LogP contribution in [-0.4, -0.2) is 12.8 Å². The van der Waals surface area contributed by atoms with E-state index in [2.05, 4.69) is 45.2 Å². The number of hydrazone groups is 1. The summed E-state index contributed by atoms with van der Waals surface area (Å²) < 4.78 is 6.64. The number of halogens is 2. The Balaban J connectivity index is 1.78. The maximum atomic E-state index is 6.09. The molecule has 27 heavy (non-hydrogen) atoms. The van der Waals surface area contributed by atoms with Crippen LogP contribution in [0.25, 0.3) is 0 Å². The fraction of sp³-hybridized carbons (Fsp3) is 0.136. The van der Waals surface area contributed by atoms with Gasteiger partial charge in [-0.3, -0.25) is 5.01 Å². The predicted molar refractivity (Wildman–Crippen MR) is 115 cm³/mol. The number of anilines is 1. The zero-order valence-corrected chi connectivity index (χ0v) is 17.1. The molecule has 0 saturated carbocycles. The van der Waals surface area contributed by atoms with E-state index >= 15 is 0 Å². The Morgan fingerprint density at radius 2 is 1.70 bits per heavy atom. The lowest BCUT2D eigenvalue weighted by Gasteiger charge is -2.25. The monoisotopic (exact) mass is 440 g/mol. The van der Waals surface area contributed by atoms with Crippen LogP contribution in [-0.2, 0) is 0 Å². The van der Waals surface area contributed by atoms with E-state index in [-0.39, 0.29) is 6.04 Å². The Bertz CT molecular complexity index is 970. The second-order valence-electron chi connectivity index (χ2n) is 6.34. The van der Waals surface area contributed by atoms with Crippen LogP contribution in [0.5, 0.6) is 5.75 Å². The van der Waals surface area contributed by atoms with E-state index in [0.717, 1.165) is 38.6 Å². The largest absolute Gasteiger partial charge is 0.495 e. The van der Waals surface area contributed by atoms with Gasteiger partial charge in [0.25, 0.3) is 0 Å². The summed E-state index contributed by atoms with van der Waals surface area (Å²) in [5.41, 5.74) is 4.29. The smallest absolute Gasteiger partial charge is 0.144 e. The van der Waals surface area contributed by atoms with Gasteiger partial charge >= 0.3 is 0 Å². The number of hydrogen-bond acceptors (Lipinski definition) is 3. The normalized spacial score (nSPS) is 16.3. The van der Waals surface area contributed by atoms with E-state index < -0.39 is 0 Å². The van der Waals surface area contributed by atoms with Crippen molar-refractivity contribution in [3.63, 3.8) is 0 Å². The van der Waals surface area contributed by atoms with Gasteiger partial charge < -0.3 is 4.74 Å². The van der Waals surface area contributed by atoms with Crippen LogP contribution in [0, 0.1) is 0 Å². The number of para-hydroxylation sites is 2. The lowest BCUT2D eigenvalue weighted by atomic mass is 9.98. The van der Waals surface area contributed by atoms with Crippen LogP contribution in [0.15, 0.2) is 82.4 Å². The van der Waals surface area contributed by atoms with Gasteiger partial charge in [-0.2, -0.15) is 5.10 Å². The molecule has 1 atom stereocenters. The summed E-state index contributed by atoms with van der Waals surface area (Å²) in [6.07, 6.45) is 0.807. The molecule has 0 radical (unpaired) electrons. The molecule has 136 valence electrons. The second-order valence-corrected chi connectivity index (χ2v) is 7.69. The van der Waals surface area contributed by atoms with E-state index in [4.69, 9.17) is 21.4 Å². The summed E-state index contributed by atoms with van der Waals surface area (Å²) >= 11 is 9.59. The molecule has 5 heteroatoms. The van der Waals surface area contributed by atoms with Gasteiger partial charge in [0.15, 0.2) is 0 Å². The molecule has 0 bridgehead atoms. The third-order valence-electron chi connectivity index (χ3n) is 4.67. The molecule has 4 rings (SSSR count). The molecule has 0 N–H and O–H groups in total. The van der Waals surface area contributed by atoms with Crippen molar-refractivity contribution in [1.82, 2.24) is 0 Å². The second kappa shape index (κ2) is 7.75. The maximum absolute atomic E-state index is 6.09. The highest BCUT2D eigenvalue weighted by molar-refractivity contribution is 9.10. The quantitative estimate of drug-likeness (QED) is 0.464. The summed E-state index contributed by atoms with van der Waals surface area (Å²) in [5.74, 6) is 0.803. The van der Waals surface area contributed by atoms with Crippen molar-refractivity contribution in [2.75, 3.05) is 12.1 Å². The highest BCUT2D eigenvalue weighted by atomic mass is 79.9. The first-order valence-electron chi connectivity index (χ1n) is 8.67. The third kappa shape index (κ3) is 3.73. The minimum Gasteiger partial charge on any atom is -0.495 e. The Kier molecular flexibility index (Phi) is 5.19. The molecule has 3 aromatic rings. The van der Waals surface area contributed by atoms with E-state index in [9.17, 15) is 0 Å². The van der Waals surface area contributed by atoms with Gasteiger partial charge in [-0.25, -0.2) is 0 Å². The first kappa shape index (κ1) is 18.1. The molecule has 1 heterocycles. The molecule has 3 nitrogen and oxygen atoms in total. The summed E-state index contributed by atoms with van der Waals surface area (Å²) in [6, 6.07) is 24.3. The molecule has 1 unspecified atom stereocenters. The molecule has 0 aliphatic carbocycles. The number of nitrogens with zero attached hydrogens (tertiary/aromatic N) is 2. The van der Waals surface area contributed by atoms with Gasteiger partial charge in [-0.1, -0.05) is 63.9 Å². The van der Waals surface area contributed by atoms with E-state index in [1.54, 1.807) is 7.11 Å². The Labute approximate surface area is 172 Å². The molecular weight excluding hydrogens is 424 g/mol. The Morgan fingerprint density at radius 1 is 1.00 bits per heavy atom. The number of ether oxygens (including phenoxy) is 1. The van der Waals surface area contributed by atoms with Crippen molar-refractivity contribution in [3.8, 4) is 5.75 Å². The van der Waals surface area contributed by atoms with Gasteiger partial charge in [-0.15, -0.1) is 0 Å². The zero-order valence-electron chi connectivity index (χ0n) is 14.8. The molecule has 1 aliphatic rings. The fourth-order valence-corrected chi connectivity index (χ4v) is 3.70. The van der Waals surface area contributed by atoms with Gasteiger partial charge in [-0.05, 0) is 47.5 Å². The predicted octanol–water partition coefficient (Wildman–Crippen LogP) is 6.47. The first-order chi connectivity index (χ1) is 13.2. The van der Waals surface area contributed by atoms with Crippen molar-refractivity contribution in [1.29, 1.82) is 0 Å². The maximum Gasteiger partial charge on any atom is 0.144 e. The van der Waals surface area contributed by atoms with Crippen molar-refractivity contribution < 1.29 is 4.74 Å². The lowest BCUT2D eigenvalue weighted by molar-refractivity contribution is 0.413. The summed E-state index contributed by atoms with van der Waals surface area (Å²) in [7, 11) is 1.69. The lowest BCUT2D eigenvalue weighted by Crippen LogP contribution is -2.19. The number of benzene rings is 3. The number of rotatable bonds is 4. The fourth-order valence-electron chi connectivity index (χ4n) is 3.31. The summed E-state index contributed by atoms with van der Waals surface area (Å²) in [4.78, 5) is 0. The molecule has 0 amide bonds. The van der Waals surface area contributed by atoms with Crippen molar-refractivity contribution in [2.24, 2.45) is 5.10 Å². The van der Waals surface area contributed by atoms with E-state index in [1.165, 1.54) is 5.56 Å². The molecule has 1 aliphatic heterocycles. The minimum absolute atomic E-state index is 0.0808. The molecule has 0 saturated heterocycles. The molecule has 0 fully saturated rings. The van der Waals surface area contributed by atoms with Crippen molar-refractivity contribution in [3.05, 3.63) is 93.4 Å². The van der Waals surface area contributed by atoms with Crippen molar-refractivity contribution in [2.45, 2.75) is 12.5 Å². The minimum atomic E-state index is 0.0808. The van der Waals surface area contributed by atoms with Crippen molar-refractivity contribution >= 4 is 38.9 Å². The van der Waals surface area contributed by atoms with Gasteiger partial charge in [0.1, 0.15) is 11.4 Å². The highest BCUT2D eigenvalue weighted by Gasteiger charge is 2.31. The topological polar surface area (TPSA) is 24.8 Å². The standard InChI is InChI=1S/C22H18BrClN2O/c1-27-22-5-3-2-4-20(22)26-21(16-8-12-18(24)13-9-16)14-19(25-26)15-6-10-17(23)11-7-15/h2-13,21H,14H2,1H3. The van der Waals surface area contributed by atoms with Crippen LogP contribution < -0.4 is 9.75 Å². The van der Waals surface area contributed by atoms with Crippen LogP contribution in [0.4, 0.5) is 5.69 Å². The van der Waals surface area contributed by atoms with Crippen LogP contribution >= 0.6 is 27.5 Å². The number of hydrogen-bond donors (Lipinski definition) is 0. The highest BCUT2D eigenvalue weighted by Crippen LogP contribution is 2.40. The van der Waals surface area contributed by atoms with Crippen LogP contribution in [0.2, 0.25) is 5.02 Å². The van der Waals surface area contributed by atoms with E-state index in [1.807, 2.05) is 48.5 Å². The summed E-state index contributed by atoms with van der Waals surface area (Å²) in [5, 5.41) is 7.75. The summed E-state index contributed by atoms with van der Waals surface area (Å²) in [6.45, 7) is 0.